The minimum absolute atomic E-state index is 0.0547. The second-order valence-electron chi connectivity index (χ2n) is 6.19. The monoisotopic (exact) mass is 339 g/mol. The number of urea groups is 1. The largest absolute Gasteiger partial charge is 0.336 e. The van der Waals surface area contributed by atoms with Crippen LogP contribution in [0.1, 0.15) is 38.7 Å². The van der Waals surface area contributed by atoms with E-state index in [4.69, 9.17) is 0 Å². The van der Waals surface area contributed by atoms with Crippen LogP contribution in [0.4, 0.5) is 16.2 Å². The molecule has 2 aromatic rings. The van der Waals surface area contributed by atoms with Gasteiger partial charge in [0.15, 0.2) is 0 Å². The molecule has 5 heteroatoms. The Bertz CT molecular complexity index is 714. The van der Waals surface area contributed by atoms with Crippen LogP contribution < -0.4 is 16.0 Å². The van der Waals surface area contributed by atoms with Crippen LogP contribution in [-0.4, -0.2) is 18.0 Å². The Kier molecular flexibility index (Phi) is 6.57. The standard InChI is InChI=1S/C20H25N3O2/c1-4-18(15-9-6-5-7-10-15)19(24)22-16-11-8-12-17(13-16)23-20(25)21-14(2)3/h5-14,18H,4H2,1-3H3,(H,22,24)(H2,21,23,25). The lowest BCUT2D eigenvalue weighted by Crippen LogP contribution is -2.34. The number of benzene rings is 2. The molecular formula is C20H25N3O2. The molecule has 5 nitrogen and oxygen atoms in total. The van der Waals surface area contributed by atoms with E-state index < -0.39 is 0 Å². The van der Waals surface area contributed by atoms with Gasteiger partial charge in [0.2, 0.25) is 5.91 Å². The van der Waals surface area contributed by atoms with Crippen molar-refractivity contribution in [2.24, 2.45) is 0 Å². The van der Waals surface area contributed by atoms with Crippen LogP contribution in [0.15, 0.2) is 54.6 Å². The molecule has 2 aromatic carbocycles. The number of carbonyl (C=O) groups excluding carboxylic acids is 2. The molecule has 0 saturated carbocycles. The van der Waals surface area contributed by atoms with Gasteiger partial charge in [-0.3, -0.25) is 4.79 Å². The summed E-state index contributed by atoms with van der Waals surface area (Å²) in [5.41, 5.74) is 2.28. The van der Waals surface area contributed by atoms with Crippen LogP contribution in [0.3, 0.4) is 0 Å². The Balaban J connectivity index is 2.05. The highest BCUT2D eigenvalue weighted by atomic mass is 16.2. The van der Waals surface area contributed by atoms with E-state index in [1.807, 2.05) is 51.1 Å². The highest BCUT2D eigenvalue weighted by molar-refractivity contribution is 5.97. The lowest BCUT2D eigenvalue weighted by atomic mass is 9.95. The van der Waals surface area contributed by atoms with Gasteiger partial charge in [-0.1, -0.05) is 43.3 Å². The van der Waals surface area contributed by atoms with Gasteiger partial charge in [-0.15, -0.1) is 0 Å². The molecule has 1 atom stereocenters. The number of nitrogens with one attached hydrogen (secondary N) is 3. The number of anilines is 2. The molecule has 0 fully saturated rings. The Labute approximate surface area is 148 Å². The van der Waals surface area contributed by atoms with Crippen molar-refractivity contribution >= 4 is 23.3 Å². The van der Waals surface area contributed by atoms with Gasteiger partial charge in [-0.05, 0) is 44.0 Å². The second kappa shape index (κ2) is 8.87. The van der Waals surface area contributed by atoms with E-state index in [1.54, 1.807) is 24.3 Å². The van der Waals surface area contributed by atoms with Crippen molar-refractivity contribution in [3.05, 3.63) is 60.2 Å². The minimum atomic E-state index is -0.269. The molecule has 132 valence electrons. The first-order valence-corrected chi connectivity index (χ1v) is 8.53. The molecule has 0 aliphatic heterocycles. The minimum Gasteiger partial charge on any atom is -0.336 e. The summed E-state index contributed by atoms with van der Waals surface area (Å²) < 4.78 is 0. The maximum absolute atomic E-state index is 12.6. The molecule has 0 aliphatic carbocycles. The summed E-state index contributed by atoms with van der Waals surface area (Å²) in [5, 5.41) is 8.46. The van der Waals surface area contributed by atoms with E-state index in [1.165, 1.54) is 0 Å². The fraction of sp³-hybridized carbons (Fsp3) is 0.300. The molecule has 25 heavy (non-hydrogen) atoms. The van der Waals surface area contributed by atoms with E-state index in [9.17, 15) is 9.59 Å². The molecule has 0 radical (unpaired) electrons. The van der Waals surface area contributed by atoms with Crippen molar-refractivity contribution in [1.29, 1.82) is 0 Å². The molecule has 0 bridgehead atoms. The van der Waals surface area contributed by atoms with Crippen LogP contribution >= 0.6 is 0 Å². The molecule has 0 aliphatic rings. The summed E-state index contributed by atoms with van der Waals surface area (Å²) in [4.78, 5) is 24.4. The maximum atomic E-state index is 12.6. The van der Waals surface area contributed by atoms with E-state index in [-0.39, 0.29) is 23.9 Å². The van der Waals surface area contributed by atoms with Crippen molar-refractivity contribution in [2.75, 3.05) is 10.6 Å². The van der Waals surface area contributed by atoms with Crippen LogP contribution in [0.25, 0.3) is 0 Å². The number of amides is 3. The van der Waals surface area contributed by atoms with Crippen molar-refractivity contribution in [1.82, 2.24) is 5.32 Å². The van der Waals surface area contributed by atoms with E-state index in [0.29, 0.717) is 17.8 Å². The summed E-state index contributed by atoms with van der Waals surface area (Å²) >= 11 is 0. The lowest BCUT2D eigenvalue weighted by molar-refractivity contribution is -0.117. The van der Waals surface area contributed by atoms with E-state index in [2.05, 4.69) is 16.0 Å². The Morgan fingerprint density at radius 3 is 2.16 bits per heavy atom. The molecule has 1 unspecified atom stereocenters. The first-order chi connectivity index (χ1) is 12.0. The van der Waals surface area contributed by atoms with Crippen molar-refractivity contribution < 1.29 is 9.59 Å². The van der Waals surface area contributed by atoms with Gasteiger partial charge in [0, 0.05) is 17.4 Å². The van der Waals surface area contributed by atoms with Crippen LogP contribution in [0, 0.1) is 0 Å². The van der Waals surface area contributed by atoms with Gasteiger partial charge in [0.05, 0.1) is 5.92 Å². The predicted octanol–water partition coefficient (Wildman–Crippen LogP) is 4.35. The summed E-state index contributed by atoms with van der Waals surface area (Å²) in [7, 11) is 0. The molecule has 2 rings (SSSR count). The van der Waals surface area contributed by atoms with Crippen LogP contribution in [-0.2, 0) is 4.79 Å². The third kappa shape index (κ3) is 5.64. The zero-order chi connectivity index (χ0) is 18.2. The molecule has 0 spiro atoms. The molecule has 0 aromatic heterocycles. The third-order valence-corrected chi connectivity index (χ3v) is 3.73. The van der Waals surface area contributed by atoms with Crippen LogP contribution in [0.2, 0.25) is 0 Å². The summed E-state index contributed by atoms with van der Waals surface area (Å²) in [6.45, 7) is 5.78. The number of hydrogen-bond donors (Lipinski definition) is 3. The average molecular weight is 339 g/mol. The predicted molar refractivity (Wildman–Crippen MR) is 102 cm³/mol. The highest BCUT2D eigenvalue weighted by Gasteiger charge is 2.18. The maximum Gasteiger partial charge on any atom is 0.319 e. The zero-order valence-corrected chi connectivity index (χ0v) is 14.9. The normalized spacial score (nSPS) is 11.7. The SMILES string of the molecule is CCC(C(=O)Nc1cccc(NC(=O)NC(C)C)c1)c1ccccc1. The van der Waals surface area contributed by atoms with Gasteiger partial charge in [-0.2, -0.15) is 0 Å². The fourth-order valence-corrected chi connectivity index (χ4v) is 2.59. The summed E-state index contributed by atoms with van der Waals surface area (Å²) in [5.74, 6) is -0.264. The fourth-order valence-electron chi connectivity index (χ4n) is 2.59. The van der Waals surface area contributed by atoms with E-state index >= 15 is 0 Å². The quantitative estimate of drug-likeness (QED) is 0.732. The number of rotatable bonds is 6. The summed E-state index contributed by atoms with van der Waals surface area (Å²) in [6.07, 6.45) is 0.713. The Morgan fingerprint density at radius 1 is 0.920 bits per heavy atom. The van der Waals surface area contributed by atoms with Gasteiger partial charge >= 0.3 is 6.03 Å². The Hall–Kier alpha value is -2.82. The van der Waals surface area contributed by atoms with Crippen LogP contribution in [0.5, 0.6) is 0 Å². The first kappa shape index (κ1) is 18.5. The highest BCUT2D eigenvalue weighted by Crippen LogP contribution is 2.22. The Morgan fingerprint density at radius 2 is 1.56 bits per heavy atom. The summed E-state index contributed by atoms with van der Waals surface area (Å²) in [6, 6.07) is 16.6. The van der Waals surface area contributed by atoms with Gasteiger partial charge < -0.3 is 16.0 Å². The van der Waals surface area contributed by atoms with Gasteiger partial charge in [-0.25, -0.2) is 4.79 Å². The second-order valence-corrected chi connectivity index (χ2v) is 6.19. The topological polar surface area (TPSA) is 70.2 Å². The lowest BCUT2D eigenvalue weighted by Gasteiger charge is -2.16. The molecule has 3 amide bonds. The van der Waals surface area contributed by atoms with E-state index in [0.717, 1.165) is 5.56 Å². The molecule has 0 saturated heterocycles. The average Bonchev–Trinajstić information content (AvgIpc) is 2.56. The number of carbonyl (C=O) groups is 2. The molecular weight excluding hydrogens is 314 g/mol. The van der Waals surface area contributed by atoms with Crippen molar-refractivity contribution in [3.8, 4) is 0 Å². The molecule has 0 heterocycles. The first-order valence-electron chi connectivity index (χ1n) is 8.53. The van der Waals surface area contributed by atoms with Crippen molar-refractivity contribution in [3.63, 3.8) is 0 Å². The molecule has 3 N–H and O–H groups in total. The van der Waals surface area contributed by atoms with Gasteiger partial charge in [0.25, 0.3) is 0 Å². The van der Waals surface area contributed by atoms with Gasteiger partial charge in [0.1, 0.15) is 0 Å². The third-order valence-electron chi connectivity index (χ3n) is 3.73. The smallest absolute Gasteiger partial charge is 0.319 e. The number of hydrogen-bond acceptors (Lipinski definition) is 2. The van der Waals surface area contributed by atoms with Crippen molar-refractivity contribution in [2.45, 2.75) is 39.2 Å². The zero-order valence-electron chi connectivity index (χ0n) is 14.9.